The van der Waals surface area contributed by atoms with Crippen molar-refractivity contribution in [3.05, 3.63) is 29.6 Å². The number of halogens is 1. The molecule has 1 saturated carbocycles. The number of hydrogen-bond donors (Lipinski definition) is 2. The lowest BCUT2D eigenvalue weighted by Crippen LogP contribution is -2.29. The maximum atomic E-state index is 13.9. The zero-order valence-electron chi connectivity index (χ0n) is 17.8. The second kappa shape index (κ2) is 12.2. The lowest BCUT2D eigenvalue weighted by molar-refractivity contribution is -0.141. The average Bonchev–Trinajstić information content (AvgIpc) is 3.50. The molecule has 2 rings (SSSR count). The largest absolute Gasteiger partial charge is 0.490 e. The number of nitrogens with one attached hydrogen (secondary N) is 2. The Morgan fingerprint density at radius 3 is 2.73 bits per heavy atom. The molecule has 1 aromatic rings. The van der Waals surface area contributed by atoms with Crippen molar-refractivity contribution in [2.24, 2.45) is 5.92 Å². The summed E-state index contributed by atoms with van der Waals surface area (Å²) in [6.45, 7) is 5.13. The molecule has 0 heterocycles. The molecule has 1 aliphatic rings. The summed E-state index contributed by atoms with van der Waals surface area (Å²) in [5.74, 6) is -0.0437. The van der Waals surface area contributed by atoms with Crippen LogP contribution in [0.4, 0.5) is 4.39 Å². The van der Waals surface area contributed by atoms with Crippen molar-refractivity contribution in [3.8, 4) is 5.75 Å². The molecule has 0 spiro atoms. The van der Waals surface area contributed by atoms with Crippen LogP contribution in [0.25, 0.3) is 0 Å². The van der Waals surface area contributed by atoms with E-state index in [4.69, 9.17) is 9.47 Å². The number of benzene rings is 1. The van der Waals surface area contributed by atoms with Gasteiger partial charge in [-0.15, -0.1) is 0 Å². The summed E-state index contributed by atoms with van der Waals surface area (Å²) in [5.41, 5.74) is 0.661. The van der Waals surface area contributed by atoms with Gasteiger partial charge in [-0.3, -0.25) is 4.79 Å². The van der Waals surface area contributed by atoms with Crippen molar-refractivity contribution in [1.29, 1.82) is 0 Å². The standard InChI is InChI=1S/C21H33FN2O5S/c1-3-28-21(25)14-23-11-5-4-6-12-30(26,27)24-16(2)18-9-10-19(22)20(13-18)29-15-17-7-8-17/h9-10,13,16-17,23-24H,3-8,11-12,14-15H2,1-2H3/t16-/m0/s1. The Morgan fingerprint density at radius 2 is 2.03 bits per heavy atom. The van der Waals surface area contributed by atoms with Crippen molar-refractivity contribution in [3.63, 3.8) is 0 Å². The molecule has 2 N–H and O–H groups in total. The molecule has 9 heteroatoms. The van der Waals surface area contributed by atoms with E-state index in [0.29, 0.717) is 37.7 Å². The molecule has 1 fully saturated rings. The van der Waals surface area contributed by atoms with Gasteiger partial charge < -0.3 is 14.8 Å². The van der Waals surface area contributed by atoms with E-state index >= 15 is 0 Å². The maximum Gasteiger partial charge on any atom is 0.319 e. The molecule has 0 aromatic heterocycles. The predicted molar refractivity (Wildman–Crippen MR) is 113 cm³/mol. The minimum atomic E-state index is -3.46. The van der Waals surface area contributed by atoms with E-state index in [9.17, 15) is 17.6 Å². The van der Waals surface area contributed by atoms with Crippen LogP contribution in [0.15, 0.2) is 18.2 Å². The van der Waals surface area contributed by atoms with Gasteiger partial charge in [-0.2, -0.15) is 0 Å². The fraction of sp³-hybridized carbons (Fsp3) is 0.667. The molecule has 1 atom stereocenters. The molecular formula is C21H33FN2O5S. The molecule has 0 unspecified atom stereocenters. The van der Waals surface area contributed by atoms with Crippen LogP contribution < -0.4 is 14.8 Å². The van der Waals surface area contributed by atoms with E-state index in [-0.39, 0.29) is 24.0 Å². The van der Waals surface area contributed by atoms with Crippen molar-refractivity contribution >= 4 is 16.0 Å². The smallest absolute Gasteiger partial charge is 0.319 e. The Bertz CT molecular complexity index is 784. The average molecular weight is 445 g/mol. The van der Waals surface area contributed by atoms with Gasteiger partial charge in [0.2, 0.25) is 10.0 Å². The predicted octanol–water partition coefficient (Wildman–Crippen LogP) is 2.92. The van der Waals surface area contributed by atoms with E-state index in [2.05, 4.69) is 10.0 Å². The number of sulfonamides is 1. The van der Waals surface area contributed by atoms with Crippen molar-refractivity contribution in [2.45, 2.75) is 52.0 Å². The lowest BCUT2D eigenvalue weighted by atomic mass is 10.1. The minimum Gasteiger partial charge on any atom is -0.490 e. The molecule has 1 aromatic carbocycles. The zero-order valence-corrected chi connectivity index (χ0v) is 18.6. The van der Waals surface area contributed by atoms with Crippen LogP contribution in [0, 0.1) is 11.7 Å². The summed E-state index contributed by atoms with van der Waals surface area (Å²) in [5, 5.41) is 2.97. The summed E-state index contributed by atoms with van der Waals surface area (Å²) in [7, 11) is -3.46. The highest BCUT2D eigenvalue weighted by molar-refractivity contribution is 7.89. The lowest BCUT2D eigenvalue weighted by Gasteiger charge is -2.16. The monoisotopic (exact) mass is 444 g/mol. The molecule has 7 nitrogen and oxygen atoms in total. The summed E-state index contributed by atoms with van der Waals surface area (Å²) in [6, 6.07) is 3.97. The summed E-state index contributed by atoms with van der Waals surface area (Å²) < 4.78 is 51.6. The molecule has 30 heavy (non-hydrogen) atoms. The topological polar surface area (TPSA) is 93.7 Å². The van der Waals surface area contributed by atoms with Crippen LogP contribution >= 0.6 is 0 Å². The van der Waals surface area contributed by atoms with E-state index in [1.54, 1.807) is 26.0 Å². The molecule has 0 amide bonds. The normalized spacial score (nSPS) is 15.0. The molecule has 1 aliphatic carbocycles. The Balaban J connectivity index is 1.70. The summed E-state index contributed by atoms with van der Waals surface area (Å²) in [4.78, 5) is 11.2. The Morgan fingerprint density at radius 1 is 1.27 bits per heavy atom. The first-order valence-corrected chi connectivity index (χ1v) is 12.2. The highest BCUT2D eigenvalue weighted by Crippen LogP contribution is 2.31. The molecule has 170 valence electrons. The number of carbonyl (C=O) groups excluding carboxylic acids is 1. The van der Waals surface area contributed by atoms with Crippen LogP contribution in [0.1, 0.15) is 57.6 Å². The number of carbonyl (C=O) groups is 1. The van der Waals surface area contributed by atoms with Crippen molar-refractivity contribution in [2.75, 3.05) is 32.1 Å². The highest BCUT2D eigenvalue weighted by Gasteiger charge is 2.23. The summed E-state index contributed by atoms with van der Waals surface area (Å²) >= 11 is 0. The third kappa shape index (κ3) is 9.40. The van der Waals surface area contributed by atoms with Gasteiger partial charge in [0.25, 0.3) is 0 Å². The first-order chi connectivity index (χ1) is 14.3. The number of hydrogen-bond acceptors (Lipinski definition) is 6. The second-order valence-corrected chi connectivity index (χ2v) is 9.52. The van der Waals surface area contributed by atoms with Gasteiger partial charge in [0, 0.05) is 6.04 Å². The third-order valence-electron chi connectivity index (χ3n) is 4.82. The van der Waals surface area contributed by atoms with Crippen molar-refractivity contribution < 1.29 is 27.1 Å². The SMILES string of the molecule is CCOC(=O)CNCCCCCS(=O)(=O)N[C@@H](C)c1ccc(F)c(OCC2CC2)c1. The van der Waals surface area contributed by atoms with Gasteiger partial charge in [0.05, 0.1) is 25.5 Å². The highest BCUT2D eigenvalue weighted by atomic mass is 32.2. The van der Waals surface area contributed by atoms with Crippen LogP contribution in [0.2, 0.25) is 0 Å². The maximum absolute atomic E-state index is 13.9. The van der Waals surface area contributed by atoms with E-state index in [1.165, 1.54) is 6.07 Å². The van der Waals surface area contributed by atoms with E-state index < -0.39 is 21.9 Å². The Kier molecular flexibility index (Phi) is 10.0. The first kappa shape index (κ1) is 24.6. The first-order valence-electron chi connectivity index (χ1n) is 10.6. The molecule has 0 radical (unpaired) electrons. The minimum absolute atomic E-state index is 0.0153. The second-order valence-electron chi connectivity index (χ2n) is 7.65. The number of ether oxygens (including phenoxy) is 2. The molecule has 0 saturated heterocycles. The molecule has 0 bridgehead atoms. The van der Waals surface area contributed by atoms with E-state index in [1.807, 2.05) is 0 Å². The van der Waals surface area contributed by atoms with E-state index in [0.717, 1.165) is 25.7 Å². The number of unbranched alkanes of at least 4 members (excludes halogenated alkanes) is 2. The van der Waals surface area contributed by atoms with Gasteiger partial charge >= 0.3 is 5.97 Å². The van der Waals surface area contributed by atoms with Gasteiger partial charge in [0.15, 0.2) is 11.6 Å². The van der Waals surface area contributed by atoms with Gasteiger partial charge in [-0.1, -0.05) is 12.5 Å². The van der Waals surface area contributed by atoms with Crippen molar-refractivity contribution in [1.82, 2.24) is 10.0 Å². The van der Waals surface area contributed by atoms with Crippen LogP contribution in [0.3, 0.4) is 0 Å². The number of rotatable bonds is 15. The Hall–Kier alpha value is -1.71. The fourth-order valence-electron chi connectivity index (χ4n) is 2.91. The van der Waals surface area contributed by atoms with Crippen LogP contribution in [-0.4, -0.2) is 46.4 Å². The quantitative estimate of drug-likeness (QED) is 0.319. The molecular weight excluding hydrogens is 411 g/mol. The van der Waals surface area contributed by atoms with Gasteiger partial charge in [0.1, 0.15) is 0 Å². The zero-order chi connectivity index (χ0) is 22.0. The van der Waals surface area contributed by atoms with Crippen LogP contribution in [0.5, 0.6) is 5.75 Å². The summed E-state index contributed by atoms with van der Waals surface area (Å²) in [6.07, 6.45) is 4.23. The molecule has 0 aliphatic heterocycles. The van der Waals surface area contributed by atoms with Crippen LogP contribution in [-0.2, 0) is 19.6 Å². The fourth-order valence-corrected chi connectivity index (χ4v) is 4.29. The third-order valence-corrected chi connectivity index (χ3v) is 6.36. The number of esters is 1. The Labute approximate surface area is 178 Å². The van der Waals surface area contributed by atoms with Gasteiger partial charge in [-0.05, 0) is 69.7 Å². The van der Waals surface area contributed by atoms with Gasteiger partial charge in [-0.25, -0.2) is 17.5 Å².